The Kier molecular flexibility index (Phi) is 12.5. The Labute approximate surface area is 187 Å². The van der Waals surface area contributed by atoms with Crippen LogP contribution in [0.25, 0.3) is 0 Å². The van der Waals surface area contributed by atoms with Gasteiger partial charge in [-0.25, -0.2) is 0 Å². The van der Waals surface area contributed by atoms with Crippen LogP contribution < -0.4 is 0 Å². The van der Waals surface area contributed by atoms with Crippen LogP contribution in [0.1, 0.15) is 45.6 Å². The molecule has 4 heterocycles. The number of nitrogens with one attached hydrogen (secondary N) is 4. The zero-order valence-corrected chi connectivity index (χ0v) is 20.7. The van der Waals surface area contributed by atoms with Crippen molar-refractivity contribution in [1.29, 1.82) is 0 Å². The Morgan fingerprint density at radius 1 is 0.414 bits per heavy atom. The third-order valence-corrected chi connectivity index (χ3v) is 3.34. The standard InChI is InChI=1S/4C5H8N2.Pt/c4*1-4-3-5(2)7-6-4;/h4*3H,1-2H3,(H,6,7);. The quantitative estimate of drug-likeness (QED) is 0.251. The number of rotatable bonds is 0. The summed E-state index contributed by atoms with van der Waals surface area (Å²) in [5, 5.41) is 26.8. The molecule has 0 radical (unpaired) electrons. The van der Waals surface area contributed by atoms with Crippen molar-refractivity contribution in [3.05, 3.63) is 69.8 Å². The van der Waals surface area contributed by atoms with E-state index < -0.39 is 0 Å². The zero-order chi connectivity index (χ0) is 21.1. The van der Waals surface area contributed by atoms with E-state index in [1.807, 2.05) is 79.7 Å². The molecule has 0 aliphatic carbocycles. The van der Waals surface area contributed by atoms with E-state index in [1.54, 1.807) is 0 Å². The number of aromatic amines is 4. The topological polar surface area (TPSA) is 115 Å². The minimum absolute atomic E-state index is 0. The van der Waals surface area contributed by atoms with Crippen LogP contribution >= 0.6 is 0 Å². The summed E-state index contributed by atoms with van der Waals surface area (Å²) in [5.74, 6) is 0. The second-order valence-corrected chi connectivity index (χ2v) is 6.77. The Bertz CT molecular complexity index is 713. The van der Waals surface area contributed by atoms with Crippen LogP contribution in [0.4, 0.5) is 0 Å². The van der Waals surface area contributed by atoms with Gasteiger partial charge in [-0.1, -0.05) is 0 Å². The van der Waals surface area contributed by atoms with Gasteiger partial charge in [0.1, 0.15) is 0 Å². The predicted molar refractivity (Wildman–Crippen MR) is 112 cm³/mol. The molecule has 8 nitrogen and oxygen atoms in total. The molecule has 0 amide bonds. The first-order valence-electron chi connectivity index (χ1n) is 9.10. The normalized spacial score (nSPS) is 9.10. The average molecular weight is 580 g/mol. The molecule has 0 fully saturated rings. The third kappa shape index (κ3) is 12.6. The Hall–Kier alpha value is -2.47. The van der Waals surface area contributed by atoms with Gasteiger partial charge < -0.3 is 0 Å². The molecule has 0 unspecified atom stereocenters. The van der Waals surface area contributed by atoms with Crippen LogP contribution in [-0.2, 0) is 21.1 Å². The van der Waals surface area contributed by atoms with Gasteiger partial charge in [-0.3, -0.25) is 20.4 Å². The molecule has 162 valence electrons. The molecule has 4 rings (SSSR count). The van der Waals surface area contributed by atoms with E-state index in [0.29, 0.717) is 0 Å². The maximum Gasteiger partial charge on any atom is 0.0593 e. The van der Waals surface area contributed by atoms with Crippen molar-refractivity contribution in [1.82, 2.24) is 40.8 Å². The van der Waals surface area contributed by atoms with Crippen LogP contribution in [-0.4, -0.2) is 40.8 Å². The molecule has 9 heteroatoms. The number of aryl methyl sites for hydroxylation is 8. The van der Waals surface area contributed by atoms with E-state index in [2.05, 4.69) is 40.8 Å². The average Bonchev–Trinajstić information content (AvgIpc) is 3.37. The minimum atomic E-state index is 0. The molecule has 29 heavy (non-hydrogen) atoms. The van der Waals surface area contributed by atoms with E-state index in [9.17, 15) is 0 Å². The van der Waals surface area contributed by atoms with E-state index in [-0.39, 0.29) is 21.1 Å². The molecule has 0 aliphatic rings. The van der Waals surface area contributed by atoms with Crippen molar-refractivity contribution >= 4 is 0 Å². The molecule has 4 N–H and O–H groups in total. The number of hydrogen-bond acceptors (Lipinski definition) is 4. The van der Waals surface area contributed by atoms with Gasteiger partial charge in [-0.2, -0.15) is 20.4 Å². The molecule has 4 aromatic rings. The summed E-state index contributed by atoms with van der Waals surface area (Å²) >= 11 is 0. The van der Waals surface area contributed by atoms with Gasteiger partial charge in [0.05, 0.1) is 22.8 Å². The first-order chi connectivity index (χ1) is 13.2. The van der Waals surface area contributed by atoms with Gasteiger partial charge in [0, 0.05) is 43.8 Å². The van der Waals surface area contributed by atoms with Gasteiger partial charge in [-0.15, -0.1) is 0 Å². The summed E-state index contributed by atoms with van der Waals surface area (Å²) in [6.45, 7) is 15.8. The minimum Gasteiger partial charge on any atom is -0.283 e. The predicted octanol–water partition coefficient (Wildman–Crippen LogP) is 4.10. The smallest absolute Gasteiger partial charge is 0.0593 e. The van der Waals surface area contributed by atoms with Crippen LogP contribution in [0.15, 0.2) is 24.3 Å². The second kappa shape index (κ2) is 13.7. The number of hydrogen-bond donors (Lipinski definition) is 4. The van der Waals surface area contributed by atoms with Crippen LogP contribution in [0, 0.1) is 55.4 Å². The summed E-state index contributed by atoms with van der Waals surface area (Å²) in [5.41, 5.74) is 8.70. The number of nitrogens with zero attached hydrogens (tertiary/aromatic N) is 4. The Morgan fingerprint density at radius 2 is 0.586 bits per heavy atom. The van der Waals surface area contributed by atoms with Crippen LogP contribution in [0.3, 0.4) is 0 Å². The monoisotopic (exact) mass is 579 g/mol. The van der Waals surface area contributed by atoms with E-state index in [4.69, 9.17) is 0 Å². The molecule has 0 saturated carbocycles. The molecule has 0 atom stereocenters. The van der Waals surface area contributed by atoms with E-state index in [1.165, 1.54) is 0 Å². The molecule has 0 aliphatic heterocycles. The summed E-state index contributed by atoms with van der Waals surface area (Å²) in [7, 11) is 0. The zero-order valence-electron chi connectivity index (χ0n) is 18.4. The number of H-pyrrole nitrogens is 4. The largest absolute Gasteiger partial charge is 0.283 e. The van der Waals surface area contributed by atoms with Gasteiger partial charge >= 0.3 is 0 Å². The summed E-state index contributed by atoms with van der Waals surface area (Å²) in [6.07, 6.45) is 0. The van der Waals surface area contributed by atoms with Gasteiger partial charge in [0.25, 0.3) is 0 Å². The SMILES string of the molecule is Cc1cc(C)[nH]n1.Cc1cc(C)[nH]n1.Cc1cc(C)[nH]n1.Cc1cc(C)[nH]n1.[Pt]. The second-order valence-electron chi connectivity index (χ2n) is 6.77. The third-order valence-electron chi connectivity index (χ3n) is 3.34. The maximum atomic E-state index is 3.89. The van der Waals surface area contributed by atoms with Crippen molar-refractivity contribution in [2.24, 2.45) is 0 Å². The Morgan fingerprint density at radius 3 is 0.621 bits per heavy atom. The number of aromatic nitrogens is 8. The van der Waals surface area contributed by atoms with Gasteiger partial charge in [0.15, 0.2) is 0 Å². The van der Waals surface area contributed by atoms with Crippen molar-refractivity contribution in [2.45, 2.75) is 55.4 Å². The van der Waals surface area contributed by atoms with Crippen molar-refractivity contribution in [3.8, 4) is 0 Å². The first kappa shape index (κ1) is 26.5. The molecule has 0 aromatic carbocycles. The fourth-order valence-electron chi connectivity index (χ4n) is 2.22. The molecule has 0 bridgehead atoms. The van der Waals surface area contributed by atoms with E-state index >= 15 is 0 Å². The molecule has 4 aromatic heterocycles. The summed E-state index contributed by atoms with van der Waals surface area (Å²) in [6, 6.07) is 8.00. The Balaban J connectivity index is 0.000000356. The van der Waals surface area contributed by atoms with Crippen molar-refractivity contribution in [3.63, 3.8) is 0 Å². The first-order valence-corrected chi connectivity index (χ1v) is 9.10. The van der Waals surface area contributed by atoms with Crippen LogP contribution in [0.5, 0.6) is 0 Å². The summed E-state index contributed by atoms with van der Waals surface area (Å²) in [4.78, 5) is 0. The maximum absolute atomic E-state index is 3.89. The molecular weight excluding hydrogens is 547 g/mol. The van der Waals surface area contributed by atoms with Gasteiger partial charge in [0.2, 0.25) is 0 Å². The van der Waals surface area contributed by atoms with Gasteiger partial charge in [-0.05, 0) is 79.7 Å². The van der Waals surface area contributed by atoms with Crippen molar-refractivity contribution < 1.29 is 21.1 Å². The molecule has 0 saturated heterocycles. The fraction of sp³-hybridized carbons (Fsp3) is 0.400. The summed E-state index contributed by atoms with van der Waals surface area (Å²) < 4.78 is 0. The van der Waals surface area contributed by atoms with E-state index in [0.717, 1.165) is 45.6 Å². The van der Waals surface area contributed by atoms with Crippen molar-refractivity contribution in [2.75, 3.05) is 0 Å². The van der Waals surface area contributed by atoms with Crippen LogP contribution in [0.2, 0.25) is 0 Å². The fourth-order valence-corrected chi connectivity index (χ4v) is 2.22. The molecular formula is C20H32N8Pt. The molecule has 0 spiro atoms.